The Bertz CT molecular complexity index is 739. The molecule has 1 saturated heterocycles. The number of carbonyl (C=O) groups excluding carboxylic acids is 2. The molecule has 3 rings (SSSR count). The zero-order chi connectivity index (χ0) is 18.4. The Balaban J connectivity index is 1.72. The van der Waals surface area contributed by atoms with Gasteiger partial charge in [-0.05, 0) is 30.2 Å². The molecule has 1 aliphatic rings. The van der Waals surface area contributed by atoms with Gasteiger partial charge >= 0.3 is 5.97 Å². The van der Waals surface area contributed by atoms with Crippen molar-refractivity contribution < 1.29 is 14.3 Å². The van der Waals surface area contributed by atoms with Crippen molar-refractivity contribution in [3.8, 4) is 0 Å². The van der Waals surface area contributed by atoms with Gasteiger partial charge < -0.3 is 9.64 Å². The third-order valence-electron chi connectivity index (χ3n) is 4.39. The lowest BCUT2D eigenvalue weighted by molar-refractivity contribution is -0.140. The molecule has 1 amide bonds. The van der Waals surface area contributed by atoms with Crippen LogP contribution in [-0.4, -0.2) is 36.6 Å². The smallest absolute Gasteiger partial charge is 0.307 e. The Labute approximate surface area is 152 Å². The quantitative estimate of drug-likeness (QED) is 0.767. The highest BCUT2D eigenvalue weighted by Crippen LogP contribution is 2.24. The van der Waals surface area contributed by atoms with Crippen LogP contribution in [0.4, 0.5) is 5.69 Å². The van der Waals surface area contributed by atoms with Crippen LogP contribution < -0.4 is 15.8 Å². The van der Waals surface area contributed by atoms with Crippen LogP contribution in [0.5, 0.6) is 0 Å². The summed E-state index contributed by atoms with van der Waals surface area (Å²) >= 11 is 0. The molecular weight excluding hydrogens is 332 g/mol. The van der Waals surface area contributed by atoms with Crippen LogP contribution in [0.3, 0.4) is 0 Å². The monoisotopic (exact) mass is 354 g/mol. The van der Waals surface area contributed by atoms with E-state index in [2.05, 4.69) is 15.8 Å². The van der Waals surface area contributed by atoms with Crippen LogP contribution in [0, 0.1) is 0 Å². The van der Waals surface area contributed by atoms with E-state index in [0.29, 0.717) is 6.42 Å². The van der Waals surface area contributed by atoms with Crippen LogP contribution in [0.15, 0.2) is 54.9 Å². The Morgan fingerprint density at radius 1 is 1.19 bits per heavy atom. The average molecular weight is 354 g/mol. The van der Waals surface area contributed by atoms with E-state index in [1.54, 1.807) is 17.3 Å². The van der Waals surface area contributed by atoms with Crippen molar-refractivity contribution in [1.82, 2.24) is 15.8 Å². The first-order valence-electron chi connectivity index (χ1n) is 8.53. The lowest BCUT2D eigenvalue weighted by Gasteiger charge is -2.25. The molecule has 2 N–H and O–H groups in total. The van der Waals surface area contributed by atoms with Gasteiger partial charge in [-0.15, -0.1) is 0 Å². The zero-order valence-corrected chi connectivity index (χ0v) is 14.6. The Morgan fingerprint density at radius 2 is 2.00 bits per heavy atom. The average Bonchev–Trinajstić information content (AvgIpc) is 3.19. The maximum absolute atomic E-state index is 13.1. The maximum Gasteiger partial charge on any atom is 0.307 e. The van der Waals surface area contributed by atoms with Gasteiger partial charge in [-0.25, -0.2) is 10.9 Å². The number of nitrogens with one attached hydrogen (secondary N) is 2. The normalized spacial score (nSPS) is 19.1. The highest BCUT2D eigenvalue weighted by molar-refractivity contribution is 5.97. The molecule has 0 spiro atoms. The fourth-order valence-electron chi connectivity index (χ4n) is 2.99. The number of anilines is 1. The number of hydrazine groups is 1. The lowest BCUT2D eigenvalue weighted by atomic mass is 10.0. The van der Waals surface area contributed by atoms with Crippen LogP contribution in [0.1, 0.15) is 24.4 Å². The molecule has 0 radical (unpaired) electrons. The number of methoxy groups -OCH3 is 1. The fraction of sp³-hybridized carbons (Fsp3) is 0.316. The first-order chi connectivity index (χ1) is 12.7. The summed E-state index contributed by atoms with van der Waals surface area (Å²) in [5.74, 6) is -0.427. The van der Waals surface area contributed by atoms with E-state index in [0.717, 1.165) is 11.3 Å². The molecule has 7 nitrogen and oxygen atoms in total. The summed E-state index contributed by atoms with van der Waals surface area (Å²) < 4.78 is 4.70. The molecule has 2 unspecified atom stereocenters. The van der Waals surface area contributed by atoms with Crippen LogP contribution in [0.2, 0.25) is 0 Å². The number of carbonyl (C=O) groups is 2. The first-order valence-corrected chi connectivity index (χ1v) is 8.53. The number of hydrogen-bond acceptors (Lipinski definition) is 6. The second-order valence-electron chi connectivity index (χ2n) is 6.07. The molecule has 7 heteroatoms. The van der Waals surface area contributed by atoms with E-state index in [-0.39, 0.29) is 30.9 Å². The molecule has 1 aromatic carbocycles. The Hall–Kier alpha value is -2.77. The maximum atomic E-state index is 13.1. The van der Waals surface area contributed by atoms with Crippen molar-refractivity contribution in [3.63, 3.8) is 0 Å². The summed E-state index contributed by atoms with van der Waals surface area (Å²) in [5.41, 5.74) is 8.01. The van der Waals surface area contributed by atoms with Gasteiger partial charge in [-0.3, -0.25) is 14.6 Å². The topological polar surface area (TPSA) is 83.6 Å². The third kappa shape index (κ3) is 4.25. The van der Waals surface area contributed by atoms with Gasteiger partial charge in [0.15, 0.2) is 0 Å². The highest BCUT2D eigenvalue weighted by Gasteiger charge is 2.33. The van der Waals surface area contributed by atoms with Gasteiger partial charge in [-0.1, -0.05) is 24.3 Å². The third-order valence-corrected chi connectivity index (χ3v) is 4.39. The number of amides is 1. The van der Waals surface area contributed by atoms with E-state index >= 15 is 0 Å². The number of esters is 1. The van der Waals surface area contributed by atoms with Crippen LogP contribution in [-0.2, 0) is 14.3 Å². The number of hydrogen-bond donors (Lipinski definition) is 2. The number of rotatable bonds is 6. The van der Waals surface area contributed by atoms with Crippen molar-refractivity contribution in [1.29, 1.82) is 0 Å². The summed E-state index contributed by atoms with van der Waals surface area (Å²) in [4.78, 5) is 30.4. The summed E-state index contributed by atoms with van der Waals surface area (Å²) in [6.45, 7) is 0.269. The molecule has 0 saturated carbocycles. The van der Waals surface area contributed by atoms with E-state index < -0.39 is 6.04 Å². The molecule has 0 bridgehead atoms. The Kier molecular flexibility index (Phi) is 5.93. The van der Waals surface area contributed by atoms with Crippen LogP contribution in [0.25, 0.3) is 0 Å². The minimum atomic E-state index is -0.391. The van der Waals surface area contributed by atoms with Crippen molar-refractivity contribution in [2.24, 2.45) is 0 Å². The van der Waals surface area contributed by atoms with Crippen molar-refractivity contribution in [2.75, 3.05) is 18.6 Å². The van der Waals surface area contributed by atoms with Gasteiger partial charge in [0.05, 0.1) is 13.5 Å². The minimum absolute atomic E-state index is 0.0101. The second-order valence-corrected chi connectivity index (χ2v) is 6.07. The molecule has 26 heavy (non-hydrogen) atoms. The molecule has 2 atom stereocenters. The standard InChI is InChI=1S/C19H22N4O3/c1-26-18(24)9-11-23(15-7-3-2-4-8-15)19(25)17-12-16(21-22-17)14-6-5-10-20-13-14/h2-8,10,13,16-17,21-22H,9,11-12H2,1H3. The summed E-state index contributed by atoms with van der Waals surface area (Å²) in [6.07, 6.45) is 4.26. The fourth-order valence-corrected chi connectivity index (χ4v) is 2.99. The lowest BCUT2D eigenvalue weighted by Crippen LogP contribution is -2.46. The zero-order valence-electron chi connectivity index (χ0n) is 14.6. The van der Waals surface area contributed by atoms with Gasteiger partial charge in [-0.2, -0.15) is 0 Å². The van der Waals surface area contributed by atoms with Crippen molar-refractivity contribution in [2.45, 2.75) is 24.9 Å². The molecule has 0 aliphatic carbocycles. The largest absolute Gasteiger partial charge is 0.469 e. The first kappa shape index (κ1) is 18.0. The molecule has 136 valence electrons. The van der Waals surface area contributed by atoms with E-state index in [9.17, 15) is 9.59 Å². The number of ether oxygens (including phenoxy) is 1. The Morgan fingerprint density at radius 3 is 2.69 bits per heavy atom. The summed E-state index contributed by atoms with van der Waals surface area (Å²) in [5, 5.41) is 0. The van der Waals surface area contributed by atoms with Gasteiger partial charge in [0.1, 0.15) is 6.04 Å². The number of nitrogens with zero attached hydrogens (tertiary/aromatic N) is 2. The second kappa shape index (κ2) is 8.55. The van der Waals surface area contributed by atoms with Gasteiger partial charge in [0.2, 0.25) is 5.91 Å². The SMILES string of the molecule is COC(=O)CCN(C(=O)C1CC(c2cccnc2)NN1)c1ccccc1. The molecule has 2 aromatic rings. The van der Waals surface area contributed by atoms with E-state index in [1.807, 2.05) is 42.5 Å². The number of benzene rings is 1. The number of pyridine rings is 1. The predicted molar refractivity (Wildman–Crippen MR) is 97.1 cm³/mol. The molecular formula is C19H22N4O3. The summed E-state index contributed by atoms with van der Waals surface area (Å²) in [6, 6.07) is 12.8. The van der Waals surface area contributed by atoms with Crippen LogP contribution >= 0.6 is 0 Å². The molecule has 1 aromatic heterocycles. The molecule has 1 aliphatic heterocycles. The number of aromatic nitrogens is 1. The minimum Gasteiger partial charge on any atom is -0.469 e. The van der Waals surface area contributed by atoms with E-state index in [4.69, 9.17) is 4.74 Å². The van der Waals surface area contributed by atoms with Crippen molar-refractivity contribution in [3.05, 3.63) is 60.4 Å². The highest BCUT2D eigenvalue weighted by atomic mass is 16.5. The van der Waals surface area contributed by atoms with Gasteiger partial charge in [0.25, 0.3) is 0 Å². The predicted octanol–water partition coefficient (Wildman–Crippen LogP) is 1.59. The number of para-hydroxylation sites is 1. The molecule has 2 heterocycles. The van der Waals surface area contributed by atoms with E-state index in [1.165, 1.54) is 7.11 Å². The van der Waals surface area contributed by atoms with Crippen molar-refractivity contribution >= 4 is 17.6 Å². The van der Waals surface area contributed by atoms with Gasteiger partial charge in [0, 0.05) is 30.7 Å². The summed E-state index contributed by atoms with van der Waals surface area (Å²) in [7, 11) is 1.35. The molecule has 1 fully saturated rings.